The first-order valence-electron chi connectivity index (χ1n) is 7.27. The average molecular weight is 279 g/mol. The molecule has 1 saturated heterocycles. The molecule has 0 bridgehead atoms. The molecule has 1 aromatic heterocycles. The molecule has 20 heavy (non-hydrogen) atoms. The van der Waals surface area contributed by atoms with E-state index in [4.69, 9.17) is 15.3 Å². The zero-order chi connectivity index (χ0) is 14.7. The molecule has 0 radical (unpaired) electrons. The molecule has 112 valence electrons. The summed E-state index contributed by atoms with van der Waals surface area (Å²) in [5, 5.41) is 0. The lowest BCUT2D eigenvalue weighted by molar-refractivity contribution is 0.0474. The molecule has 2 heterocycles. The van der Waals surface area contributed by atoms with E-state index >= 15 is 0 Å². The van der Waals surface area contributed by atoms with Crippen molar-refractivity contribution >= 4 is 0 Å². The molecule has 2 rings (SSSR count). The number of pyridine rings is 1. The van der Waals surface area contributed by atoms with Crippen molar-refractivity contribution in [2.45, 2.75) is 45.9 Å². The summed E-state index contributed by atoms with van der Waals surface area (Å²) in [5.41, 5.74) is 3.98. The van der Waals surface area contributed by atoms with Crippen molar-refractivity contribution in [3.05, 3.63) is 24.0 Å². The van der Waals surface area contributed by atoms with Crippen LogP contribution >= 0.6 is 0 Å². The third-order valence-electron chi connectivity index (χ3n) is 4.29. The van der Waals surface area contributed by atoms with E-state index in [0.29, 0.717) is 18.4 Å². The maximum atomic E-state index is 5.92. The summed E-state index contributed by atoms with van der Waals surface area (Å²) >= 11 is 0. The van der Waals surface area contributed by atoms with Crippen molar-refractivity contribution in [1.29, 1.82) is 0 Å². The van der Waals surface area contributed by atoms with Crippen LogP contribution in [0.1, 0.15) is 39.3 Å². The monoisotopic (exact) mass is 279 g/mol. The molecule has 1 aliphatic heterocycles. The fourth-order valence-electron chi connectivity index (χ4n) is 3.15. The minimum atomic E-state index is 0.0119. The van der Waals surface area contributed by atoms with Gasteiger partial charge in [0.2, 0.25) is 0 Å². The number of hydrazine groups is 1. The summed E-state index contributed by atoms with van der Waals surface area (Å²) in [6.45, 7) is 9.02. The van der Waals surface area contributed by atoms with E-state index in [2.05, 4.69) is 31.2 Å². The van der Waals surface area contributed by atoms with Crippen LogP contribution in [0, 0.1) is 11.8 Å². The summed E-state index contributed by atoms with van der Waals surface area (Å²) in [7, 11) is 0. The van der Waals surface area contributed by atoms with Crippen LogP contribution < -0.4 is 16.0 Å². The van der Waals surface area contributed by atoms with E-state index in [1.54, 1.807) is 6.20 Å². The highest BCUT2D eigenvalue weighted by Crippen LogP contribution is 2.40. The van der Waals surface area contributed by atoms with E-state index in [-0.39, 0.29) is 18.2 Å². The van der Waals surface area contributed by atoms with E-state index in [0.717, 1.165) is 11.3 Å². The van der Waals surface area contributed by atoms with Gasteiger partial charge in [-0.3, -0.25) is 16.3 Å². The van der Waals surface area contributed by atoms with Crippen molar-refractivity contribution < 1.29 is 9.47 Å². The maximum Gasteiger partial charge on any atom is 0.137 e. The number of aromatic nitrogens is 1. The van der Waals surface area contributed by atoms with Gasteiger partial charge in [0.05, 0.1) is 31.1 Å². The van der Waals surface area contributed by atoms with Crippen LogP contribution in [0.4, 0.5) is 0 Å². The third kappa shape index (κ3) is 2.95. The summed E-state index contributed by atoms with van der Waals surface area (Å²) in [6.07, 6.45) is 3.97. The Bertz CT molecular complexity index is 441. The topological polar surface area (TPSA) is 69.4 Å². The number of hydrogen-bond donors (Lipinski definition) is 2. The van der Waals surface area contributed by atoms with Crippen LogP contribution in [0.2, 0.25) is 0 Å². The smallest absolute Gasteiger partial charge is 0.137 e. The van der Waals surface area contributed by atoms with Crippen LogP contribution in [0.15, 0.2) is 18.5 Å². The van der Waals surface area contributed by atoms with Gasteiger partial charge in [-0.25, -0.2) is 0 Å². The molecule has 5 unspecified atom stereocenters. The van der Waals surface area contributed by atoms with E-state index in [9.17, 15) is 0 Å². The minimum absolute atomic E-state index is 0.0119. The van der Waals surface area contributed by atoms with Crippen molar-refractivity contribution in [3.63, 3.8) is 0 Å². The quantitative estimate of drug-likeness (QED) is 0.637. The van der Waals surface area contributed by atoms with E-state index < -0.39 is 0 Å². The lowest BCUT2D eigenvalue weighted by atomic mass is 9.81. The molecular weight excluding hydrogens is 254 g/mol. The Labute approximate surface area is 120 Å². The average Bonchev–Trinajstić information content (AvgIpc) is 2.67. The Morgan fingerprint density at radius 2 is 2.10 bits per heavy atom. The third-order valence-corrected chi connectivity index (χ3v) is 4.29. The standard InChI is InChI=1S/C15H25N3O2/c1-5-19-13-6-12(7-17-8-13)15(18-16)14-9(2)10(3)20-11(14)4/h6-11,14-15,18H,5,16H2,1-4H3. The Hall–Kier alpha value is -1.17. The lowest BCUT2D eigenvalue weighted by Crippen LogP contribution is -2.38. The number of rotatable bonds is 5. The van der Waals surface area contributed by atoms with Gasteiger partial charge < -0.3 is 9.47 Å². The molecule has 1 fully saturated rings. The number of ether oxygens (including phenoxy) is 2. The Balaban J connectivity index is 2.25. The molecule has 0 aromatic carbocycles. The van der Waals surface area contributed by atoms with Gasteiger partial charge in [-0.1, -0.05) is 6.92 Å². The van der Waals surface area contributed by atoms with Gasteiger partial charge in [-0.15, -0.1) is 0 Å². The molecule has 1 aliphatic rings. The van der Waals surface area contributed by atoms with Gasteiger partial charge in [0.25, 0.3) is 0 Å². The molecule has 0 saturated carbocycles. The molecule has 0 aliphatic carbocycles. The van der Waals surface area contributed by atoms with Crippen LogP contribution in [-0.4, -0.2) is 23.8 Å². The summed E-state index contributed by atoms with van der Waals surface area (Å²) < 4.78 is 11.4. The van der Waals surface area contributed by atoms with Crippen LogP contribution in [-0.2, 0) is 4.74 Å². The molecule has 3 N–H and O–H groups in total. The van der Waals surface area contributed by atoms with Crippen LogP contribution in [0.5, 0.6) is 5.75 Å². The highest BCUT2D eigenvalue weighted by molar-refractivity contribution is 5.27. The SMILES string of the molecule is CCOc1cncc(C(NN)C2C(C)OC(C)C2C)c1. The minimum Gasteiger partial charge on any atom is -0.492 e. The Morgan fingerprint density at radius 3 is 2.65 bits per heavy atom. The predicted molar refractivity (Wildman–Crippen MR) is 78.1 cm³/mol. The zero-order valence-electron chi connectivity index (χ0n) is 12.7. The molecule has 5 atom stereocenters. The van der Waals surface area contributed by atoms with Crippen molar-refractivity contribution in [1.82, 2.24) is 10.4 Å². The van der Waals surface area contributed by atoms with Crippen molar-refractivity contribution in [2.75, 3.05) is 6.61 Å². The van der Waals surface area contributed by atoms with E-state index in [1.807, 2.05) is 19.2 Å². The van der Waals surface area contributed by atoms with E-state index in [1.165, 1.54) is 0 Å². The van der Waals surface area contributed by atoms with Crippen LogP contribution in [0.3, 0.4) is 0 Å². The van der Waals surface area contributed by atoms with Gasteiger partial charge in [0.1, 0.15) is 5.75 Å². The predicted octanol–water partition coefficient (Wildman–Crippen LogP) is 2.04. The molecular formula is C15H25N3O2. The van der Waals surface area contributed by atoms with Gasteiger partial charge in [-0.05, 0) is 38.3 Å². The summed E-state index contributed by atoms with van der Waals surface area (Å²) in [4.78, 5) is 4.25. The first-order chi connectivity index (χ1) is 9.58. The second kappa shape index (κ2) is 6.52. The van der Waals surface area contributed by atoms with Crippen LogP contribution in [0.25, 0.3) is 0 Å². The Morgan fingerprint density at radius 1 is 1.35 bits per heavy atom. The molecule has 1 aromatic rings. The second-order valence-electron chi connectivity index (χ2n) is 5.51. The molecule has 5 heteroatoms. The van der Waals surface area contributed by atoms with Gasteiger partial charge in [-0.2, -0.15) is 0 Å². The highest BCUT2D eigenvalue weighted by atomic mass is 16.5. The molecule has 0 amide bonds. The number of nitrogens with zero attached hydrogens (tertiary/aromatic N) is 1. The zero-order valence-corrected chi connectivity index (χ0v) is 12.7. The molecule has 0 spiro atoms. The number of nitrogens with one attached hydrogen (secondary N) is 1. The van der Waals surface area contributed by atoms with Gasteiger partial charge in [0.15, 0.2) is 0 Å². The summed E-state index contributed by atoms with van der Waals surface area (Å²) in [5.74, 6) is 7.33. The summed E-state index contributed by atoms with van der Waals surface area (Å²) in [6, 6.07) is 2.02. The number of nitrogens with two attached hydrogens (primary N) is 1. The Kier molecular flexibility index (Phi) is 4.96. The first-order valence-corrected chi connectivity index (χ1v) is 7.27. The van der Waals surface area contributed by atoms with Crippen molar-refractivity contribution in [3.8, 4) is 5.75 Å². The number of hydrogen-bond acceptors (Lipinski definition) is 5. The lowest BCUT2D eigenvalue weighted by Gasteiger charge is -2.28. The fraction of sp³-hybridized carbons (Fsp3) is 0.667. The maximum absolute atomic E-state index is 5.92. The van der Waals surface area contributed by atoms with Gasteiger partial charge >= 0.3 is 0 Å². The van der Waals surface area contributed by atoms with Gasteiger partial charge in [0, 0.05) is 12.1 Å². The largest absolute Gasteiger partial charge is 0.492 e. The first kappa shape index (κ1) is 15.2. The second-order valence-corrected chi connectivity index (χ2v) is 5.51. The van der Waals surface area contributed by atoms with Crippen molar-refractivity contribution in [2.24, 2.45) is 17.7 Å². The highest BCUT2D eigenvalue weighted by Gasteiger charge is 2.42. The molecule has 5 nitrogen and oxygen atoms in total. The normalized spacial score (nSPS) is 31.2. The fourth-order valence-corrected chi connectivity index (χ4v) is 3.15.